The van der Waals surface area contributed by atoms with Gasteiger partial charge in [0.1, 0.15) is 0 Å². The molecule has 0 radical (unpaired) electrons. The lowest BCUT2D eigenvalue weighted by atomic mass is 10.0. The van der Waals surface area contributed by atoms with Gasteiger partial charge in [-0.25, -0.2) is 4.98 Å². The van der Waals surface area contributed by atoms with E-state index in [1.807, 2.05) is 26.1 Å². The van der Waals surface area contributed by atoms with Crippen LogP contribution < -0.4 is 10.5 Å². The van der Waals surface area contributed by atoms with Crippen LogP contribution in [0.4, 0.5) is 0 Å². The average Bonchev–Trinajstić information content (AvgIpc) is 2.17. The maximum atomic E-state index is 5.94. The lowest BCUT2D eigenvalue weighted by Gasteiger charge is -2.12. The Morgan fingerprint density at radius 3 is 2.71 bits per heavy atom. The fourth-order valence-electron chi connectivity index (χ4n) is 1.38. The lowest BCUT2D eigenvalue weighted by Crippen LogP contribution is -2.11. The number of nitrogens with zero attached hydrogens (tertiary/aromatic N) is 1. The number of aryl methyl sites for hydroxylation is 1. The zero-order chi connectivity index (χ0) is 10.6. The van der Waals surface area contributed by atoms with E-state index in [4.69, 9.17) is 10.5 Å². The number of rotatable bonds is 4. The van der Waals surface area contributed by atoms with Gasteiger partial charge in [-0.3, -0.25) is 0 Å². The molecule has 0 aliphatic heterocycles. The summed E-state index contributed by atoms with van der Waals surface area (Å²) in [7, 11) is 0. The van der Waals surface area contributed by atoms with E-state index in [0.717, 1.165) is 17.5 Å². The Kier molecular flexibility index (Phi) is 3.89. The maximum absolute atomic E-state index is 5.94. The Morgan fingerprint density at radius 2 is 2.21 bits per heavy atom. The monoisotopic (exact) mass is 194 g/mol. The standard InChI is InChI=1S/C11H18N2O/c1-4-10(12)9-7-13-11(14-5-2)6-8(9)3/h6-7,10H,4-5,12H2,1-3H3. The first-order valence-electron chi connectivity index (χ1n) is 5.04. The third kappa shape index (κ3) is 2.45. The van der Waals surface area contributed by atoms with Gasteiger partial charge in [-0.2, -0.15) is 0 Å². The molecular weight excluding hydrogens is 176 g/mol. The molecule has 1 unspecified atom stereocenters. The largest absolute Gasteiger partial charge is 0.478 e. The summed E-state index contributed by atoms with van der Waals surface area (Å²) in [6.45, 7) is 6.70. The van der Waals surface area contributed by atoms with Crippen LogP contribution in [0, 0.1) is 6.92 Å². The molecule has 0 saturated carbocycles. The van der Waals surface area contributed by atoms with Crippen molar-refractivity contribution < 1.29 is 4.74 Å². The molecule has 2 N–H and O–H groups in total. The fraction of sp³-hybridized carbons (Fsp3) is 0.545. The molecule has 78 valence electrons. The van der Waals surface area contributed by atoms with Crippen LogP contribution in [0.5, 0.6) is 5.88 Å². The third-order valence-corrected chi connectivity index (χ3v) is 2.26. The molecule has 0 fully saturated rings. The predicted octanol–water partition coefficient (Wildman–Crippen LogP) is 2.20. The SMILES string of the molecule is CCOc1cc(C)c(C(N)CC)cn1. The van der Waals surface area contributed by atoms with Gasteiger partial charge in [0.05, 0.1) is 6.61 Å². The highest BCUT2D eigenvalue weighted by Gasteiger charge is 2.08. The van der Waals surface area contributed by atoms with Gasteiger partial charge in [0, 0.05) is 18.3 Å². The second kappa shape index (κ2) is 4.96. The predicted molar refractivity (Wildman–Crippen MR) is 57.4 cm³/mol. The van der Waals surface area contributed by atoms with Gasteiger partial charge in [-0.15, -0.1) is 0 Å². The molecular formula is C11H18N2O. The molecule has 0 aliphatic rings. The molecule has 0 saturated heterocycles. The van der Waals surface area contributed by atoms with Crippen molar-refractivity contribution in [2.24, 2.45) is 5.73 Å². The van der Waals surface area contributed by atoms with Gasteiger partial charge < -0.3 is 10.5 Å². The summed E-state index contributed by atoms with van der Waals surface area (Å²) < 4.78 is 5.30. The van der Waals surface area contributed by atoms with E-state index >= 15 is 0 Å². The summed E-state index contributed by atoms with van der Waals surface area (Å²) in [5, 5.41) is 0. The second-order valence-electron chi connectivity index (χ2n) is 3.33. The average molecular weight is 194 g/mol. The van der Waals surface area contributed by atoms with Gasteiger partial charge >= 0.3 is 0 Å². The fourth-order valence-corrected chi connectivity index (χ4v) is 1.38. The number of nitrogens with two attached hydrogens (primary N) is 1. The molecule has 3 heteroatoms. The zero-order valence-electron chi connectivity index (χ0n) is 9.08. The Balaban J connectivity index is 2.89. The van der Waals surface area contributed by atoms with E-state index in [2.05, 4.69) is 11.9 Å². The molecule has 1 atom stereocenters. The zero-order valence-corrected chi connectivity index (χ0v) is 9.08. The smallest absolute Gasteiger partial charge is 0.213 e. The van der Waals surface area contributed by atoms with Crippen molar-refractivity contribution in [1.82, 2.24) is 4.98 Å². The molecule has 1 heterocycles. The van der Waals surface area contributed by atoms with Crippen LogP contribution in [-0.2, 0) is 0 Å². The van der Waals surface area contributed by atoms with Gasteiger partial charge in [-0.05, 0) is 31.4 Å². The number of aromatic nitrogens is 1. The van der Waals surface area contributed by atoms with Crippen molar-refractivity contribution in [3.8, 4) is 5.88 Å². The third-order valence-electron chi connectivity index (χ3n) is 2.26. The minimum Gasteiger partial charge on any atom is -0.478 e. The van der Waals surface area contributed by atoms with Crippen LogP contribution >= 0.6 is 0 Å². The van der Waals surface area contributed by atoms with Crippen LogP contribution in [-0.4, -0.2) is 11.6 Å². The molecule has 0 bridgehead atoms. The summed E-state index contributed by atoms with van der Waals surface area (Å²) >= 11 is 0. The molecule has 0 aromatic carbocycles. The van der Waals surface area contributed by atoms with E-state index in [-0.39, 0.29) is 6.04 Å². The Morgan fingerprint density at radius 1 is 1.50 bits per heavy atom. The van der Waals surface area contributed by atoms with Crippen molar-refractivity contribution in [2.75, 3.05) is 6.61 Å². The van der Waals surface area contributed by atoms with Crippen LogP contribution in [0.1, 0.15) is 37.4 Å². The van der Waals surface area contributed by atoms with Gasteiger partial charge in [0.2, 0.25) is 5.88 Å². The number of pyridine rings is 1. The Bertz CT molecular complexity index is 299. The van der Waals surface area contributed by atoms with Crippen molar-refractivity contribution in [2.45, 2.75) is 33.2 Å². The van der Waals surface area contributed by atoms with Gasteiger partial charge in [0.25, 0.3) is 0 Å². The Labute approximate surface area is 85.3 Å². The minimum atomic E-state index is 0.0816. The lowest BCUT2D eigenvalue weighted by molar-refractivity contribution is 0.326. The number of hydrogen-bond donors (Lipinski definition) is 1. The molecule has 0 spiro atoms. The summed E-state index contributed by atoms with van der Waals surface area (Å²) in [6, 6.07) is 2.02. The molecule has 1 rings (SSSR count). The van der Waals surface area contributed by atoms with Crippen LogP contribution in [0.25, 0.3) is 0 Å². The second-order valence-corrected chi connectivity index (χ2v) is 3.33. The topological polar surface area (TPSA) is 48.1 Å². The highest BCUT2D eigenvalue weighted by Crippen LogP contribution is 2.20. The molecule has 0 aliphatic carbocycles. The molecule has 14 heavy (non-hydrogen) atoms. The van der Waals surface area contributed by atoms with E-state index in [9.17, 15) is 0 Å². The van der Waals surface area contributed by atoms with Gasteiger partial charge in [-0.1, -0.05) is 6.92 Å². The maximum Gasteiger partial charge on any atom is 0.213 e. The molecule has 3 nitrogen and oxygen atoms in total. The van der Waals surface area contributed by atoms with E-state index < -0.39 is 0 Å². The van der Waals surface area contributed by atoms with E-state index in [1.54, 1.807) is 0 Å². The van der Waals surface area contributed by atoms with Crippen molar-refractivity contribution in [3.05, 3.63) is 23.4 Å². The van der Waals surface area contributed by atoms with Crippen molar-refractivity contribution in [3.63, 3.8) is 0 Å². The summed E-state index contributed by atoms with van der Waals surface area (Å²) in [5.74, 6) is 0.678. The summed E-state index contributed by atoms with van der Waals surface area (Å²) in [4.78, 5) is 4.20. The number of ether oxygens (including phenoxy) is 1. The quantitative estimate of drug-likeness (QED) is 0.799. The minimum absolute atomic E-state index is 0.0816. The normalized spacial score (nSPS) is 12.6. The van der Waals surface area contributed by atoms with Gasteiger partial charge in [0.15, 0.2) is 0 Å². The molecule has 0 amide bonds. The van der Waals surface area contributed by atoms with Crippen LogP contribution in [0.15, 0.2) is 12.3 Å². The van der Waals surface area contributed by atoms with Crippen LogP contribution in [0.3, 0.4) is 0 Å². The van der Waals surface area contributed by atoms with Crippen molar-refractivity contribution >= 4 is 0 Å². The summed E-state index contributed by atoms with van der Waals surface area (Å²) in [6.07, 6.45) is 2.74. The van der Waals surface area contributed by atoms with E-state index in [1.165, 1.54) is 0 Å². The highest BCUT2D eigenvalue weighted by atomic mass is 16.5. The highest BCUT2D eigenvalue weighted by molar-refractivity contribution is 5.30. The first-order valence-corrected chi connectivity index (χ1v) is 5.04. The molecule has 1 aromatic rings. The van der Waals surface area contributed by atoms with Crippen LogP contribution in [0.2, 0.25) is 0 Å². The molecule has 1 aromatic heterocycles. The van der Waals surface area contributed by atoms with Crippen molar-refractivity contribution in [1.29, 1.82) is 0 Å². The number of hydrogen-bond acceptors (Lipinski definition) is 3. The summed E-state index contributed by atoms with van der Waals surface area (Å²) in [5.41, 5.74) is 8.20. The Hall–Kier alpha value is -1.09. The first-order chi connectivity index (χ1) is 6.69. The van der Waals surface area contributed by atoms with E-state index in [0.29, 0.717) is 12.5 Å². The first kappa shape index (κ1) is 11.0.